The van der Waals surface area contributed by atoms with Crippen molar-refractivity contribution in [1.29, 1.82) is 0 Å². The molecule has 0 unspecified atom stereocenters. The van der Waals surface area contributed by atoms with Crippen molar-refractivity contribution in [1.82, 2.24) is 5.32 Å². The number of benzene rings is 3. The van der Waals surface area contributed by atoms with Crippen molar-refractivity contribution in [3.05, 3.63) is 72.3 Å². The van der Waals surface area contributed by atoms with E-state index < -0.39 is 6.10 Å². The minimum atomic E-state index is -0.554. The highest BCUT2D eigenvalue weighted by Gasteiger charge is 2.15. The topological polar surface area (TPSA) is 47.6 Å². The number of aryl methyl sites for hydroxylation is 1. The molecule has 1 atom stereocenters. The third-order valence-electron chi connectivity index (χ3n) is 4.54. The number of rotatable bonds is 8. The van der Waals surface area contributed by atoms with Crippen LogP contribution in [0, 0.1) is 0 Å². The van der Waals surface area contributed by atoms with E-state index >= 15 is 0 Å². The number of methoxy groups -OCH3 is 1. The summed E-state index contributed by atoms with van der Waals surface area (Å²) in [5, 5.41) is 5.06. The van der Waals surface area contributed by atoms with E-state index in [1.165, 1.54) is 0 Å². The number of para-hydroxylation sites is 1. The zero-order valence-electron chi connectivity index (χ0n) is 15.8. The fraction of sp³-hybridized carbons (Fsp3) is 0.261. The largest absolute Gasteiger partial charge is 0.496 e. The minimum absolute atomic E-state index is 0.108. The lowest BCUT2D eigenvalue weighted by atomic mass is 10.1. The zero-order chi connectivity index (χ0) is 19.1. The third-order valence-corrected chi connectivity index (χ3v) is 4.54. The van der Waals surface area contributed by atoms with Gasteiger partial charge < -0.3 is 14.8 Å². The van der Waals surface area contributed by atoms with E-state index in [1.807, 2.05) is 66.7 Å². The number of carbonyl (C=O) groups excluding carboxylic acids is 1. The summed E-state index contributed by atoms with van der Waals surface area (Å²) in [5.74, 6) is 1.50. The molecule has 3 aromatic carbocycles. The molecule has 1 N–H and O–H groups in total. The Morgan fingerprint density at radius 2 is 1.67 bits per heavy atom. The quantitative estimate of drug-likeness (QED) is 0.605. The number of ether oxygens (including phenoxy) is 2. The van der Waals surface area contributed by atoms with E-state index in [1.54, 1.807) is 14.0 Å². The van der Waals surface area contributed by atoms with Crippen LogP contribution in [-0.2, 0) is 11.2 Å². The van der Waals surface area contributed by atoms with Crippen LogP contribution in [0.15, 0.2) is 66.7 Å². The molecule has 0 heterocycles. The van der Waals surface area contributed by atoms with E-state index in [2.05, 4.69) is 5.32 Å². The van der Waals surface area contributed by atoms with Crippen LogP contribution in [0.1, 0.15) is 18.9 Å². The van der Waals surface area contributed by atoms with Crippen molar-refractivity contribution in [2.75, 3.05) is 13.7 Å². The smallest absolute Gasteiger partial charge is 0.260 e. The van der Waals surface area contributed by atoms with Gasteiger partial charge in [0, 0.05) is 11.9 Å². The van der Waals surface area contributed by atoms with Crippen LogP contribution < -0.4 is 14.8 Å². The summed E-state index contributed by atoms with van der Waals surface area (Å²) >= 11 is 0. The summed E-state index contributed by atoms with van der Waals surface area (Å²) in [4.78, 5) is 12.4. The lowest BCUT2D eigenvalue weighted by molar-refractivity contribution is -0.127. The van der Waals surface area contributed by atoms with E-state index in [0.717, 1.165) is 40.7 Å². The summed E-state index contributed by atoms with van der Waals surface area (Å²) in [5.41, 5.74) is 1.15. The molecule has 0 aliphatic carbocycles. The Labute approximate surface area is 160 Å². The fourth-order valence-electron chi connectivity index (χ4n) is 3.09. The molecule has 0 fully saturated rings. The molecule has 27 heavy (non-hydrogen) atoms. The summed E-state index contributed by atoms with van der Waals surface area (Å²) in [7, 11) is 1.67. The average molecular weight is 363 g/mol. The summed E-state index contributed by atoms with van der Waals surface area (Å²) in [6.07, 6.45) is 1.14. The van der Waals surface area contributed by atoms with E-state index in [-0.39, 0.29) is 5.91 Å². The van der Waals surface area contributed by atoms with Gasteiger partial charge in [0.15, 0.2) is 6.10 Å². The van der Waals surface area contributed by atoms with Crippen LogP contribution >= 0.6 is 0 Å². The molecule has 0 saturated carbocycles. The molecule has 3 aromatic rings. The Morgan fingerprint density at radius 3 is 2.52 bits per heavy atom. The standard InChI is InChI=1S/C23H25NO3/c1-17(27-22-15-7-11-18-9-3-5-13-20(18)22)23(25)24-16-8-12-19-10-4-6-14-21(19)26-2/h3-7,9-11,13-15,17H,8,12,16H2,1-2H3,(H,24,25)/t17-/m1/s1. The van der Waals surface area contributed by atoms with Crippen LogP contribution in [0.3, 0.4) is 0 Å². The Kier molecular flexibility index (Phi) is 6.31. The Hall–Kier alpha value is -3.01. The maximum absolute atomic E-state index is 12.4. The van der Waals surface area contributed by atoms with E-state index in [4.69, 9.17) is 9.47 Å². The number of hydrogen-bond donors (Lipinski definition) is 1. The van der Waals surface area contributed by atoms with Crippen LogP contribution in [0.5, 0.6) is 11.5 Å². The van der Waals surface area contributed by atoms with Gasteiger partial charge >= 0.3 is 0 Å². The Bertz CT molecular complexity index is 902. The Morgan fingerprint density at radius 1 is 0.963 bits per heavy atom. The second kappa shape index (κ2) is 9.08. The van der Waals surface area contributed by atoms with Crippen LogP contribution in [0.2, 0.25) is 0 Å². The van der Waals surface area contributed by atoms with Gasteiger partial charge in [-0.2, -0.15) is 0 Å². The number of hydrogen-bond acceptors (Lipinski definition) is 3. The second-order valence-corrected chi connectivity index (χ2v) is 6.44. The van der Waals surface area contributed by atoms with Gasteiger partial charge in [0.1, 0.15) is 11.5 Å². The van der Waals surface area contributed by atoms with E-state index in [0.29, 0.717) is 6.54 Å². The highest BCUT2D eigenvalue weighted by atomic mass is 16.5. The first kappa shape index (κ1) is 18.8. The fourth-order valence-corrected chi connectivity index (χ4v) is 3.09. The van der Waals surface area contributed by atoms with Gasteiger partial charge in [-0.25, -0.2) is 0 Å². The maximum atomic E-state index is 12.4. The second-order valence-electron chi connectivity index (χ2n) is 6.44. The van der Waals surface area contributed by atoms with Gasteiger partial charge in [-0.15, -0.1) is 0 Å². The molecule has 0 bridgehead atoms. The SMILES string of the molecule is COc1ccccc1CCCNC(=O)[C@@H](C)Oc1cccc2ccccc12. The molecule has 0 spiro atoms. The van der Waals surface area contributed by atoms with Crippen molar-refractivity contribution in [2.45, 2.75) is 25.9 Å². The van der Waals surface area contributed by atoms with Gasteiger partial charge in [-0.1, -0.05) is 54.6 Å². The van der Waals surface area contributed by atoms with Crippen molar-refractivity contribution in [2.24, 2.45) is 0 Å². The molecule has 140 valence electrons. The molecule has 4 heteroatoms. The average Bonchev–Trinajstić information content (AvgIpc) is 2.71. The predicted molar refractivity (Wildman–Crippen MR) is 108 cm³/mol. The van der Waals surface area contributed by atoms with Gasteiger partial charge in [-0.3, -0.25) is 4.79 Å². The number of fused-ring (bicyclic) bond motifs is 1. The van der Waals surface area contributed by atoms with E-state index in [9.17, 15) is 4.79 Å². The van der Waals surface area contributed by atoms with Crippen LogP contribution in [-0.4, -0.2) is 25.7 Å². The van der Waals surface area contributed by atoms with Crippen LogP contribution in [0.4, 0.5) is 0 Å². The first-order valence-corrected chi connectivity index (χ1v) is 9.23. The third kappa shape index (κ3) is 4.79. The molecule has 1 amide bonds. The lowest BCUT2D eigenvalue weighted by Gasteiger charge is -2.16. The molecule has 0 aliphatic rings. The molecular formula is C23H25NO3. The monoisotopic (exact) mass is 363 g/mol. The molecule has 3 rings (SSSR count). The molecule has 0 saturated heterocycles. The highest BCUT2D eigenvalue weighted by molar-refractivity contribution is 5.89. The maximum Gasteiger partial charge on any atom is 0.260 e. The highest BCUT2D eigenvalue weighted by Crippen LogP contribution is 2.26. The molecule has 0 aliphatic heterocycles. The molecular weight excluding hydrogens is 338 g/mol. The van der Waals surface area contributed by atoms with Gasteiger partial charge in [0.05, 0.1) is 7.11 Å². The molecule has 0 radical (unpaired) electrons. The van der Waals surface area contributed by atoms with Crippen LogP contribution in [0.25, 0.3) is 10.8 Å². The first-order chi connectivity index (χ1) is 13.2. The number of amides is 1. The lowest BCUT2D eigenvalue weighted by Crippen LogP contribution is -2.37. The van der Waals surface area contributed by atoms with Crippen molar-refractivity contribution in [3.63, 3.8) is 0 Å². The van der Waals surface area contributed by atoms with Gasteiger partial charge in [0.2, 0.25) is 0 Å². The zero-order valence-corrected chi connectivity index (χ0v) is 15.8. The molecule has 4 nitrogen and oxygen atoms in total. The van der Waals surface area contributed by atoms with Gasteiger partial charge in [0.25, 0.3) is 5.91 Å². The normalized spacial score (nSPS) is 11.8. The predicted octanol–water partition coefficient (Wildman–Crippen LogP) is 4.36. The number of carbonyl (C=O) groups is 1. The minimum Gasteiger partial charge on any atom is -0.496 e. The van der Waals surface area contributed by atoms with Crippen molar-refractivity contribution >= 4 is 16.7 Å². The van der Waals surface area contributed by atoms with Crippen molar-refractivity contribution < 1.29 is 14.3 Å². The summed E-state index contributed by atoms with van der Waals surface area (Å²) < 4.78 is 11.3. The summed E-state index contributed by atoms with van der Waals surface area (Å²) in [6.45, 7) is 2.37. The van der Waals surface area contributed by atoms with Gasteiger partial charge in [-0.05, 0) is 42.8 Å². The number of nitrogens with one attached hydrogen (secondary N) is 1. The summed E-state index contributed by atoms with van der Waals surface area (Å²) in [6, 6.07) is 21.8. The Balaban J connectivity index is 1.50. The van der Waals surface area contributed by atoms with Crippen molar-refractivity contribution in [3.8, 4) is 11.5 Å². The first-order valence-electron chi connectivity index (χ1n) is 9.23. The molecule has 0 aromatic heterocycles.